The molecule has 0 aliphatic heterocycles. The van der Waals surface area contributed by atoms with Crippen LogP contribution in [0.1, 0.15) is 103 Å². The van der Waals surface area contributed by atoms with E-state index in [-0.39, 0.29) is 25.9 Å². The van der Waals surface area contributed by atoms with Crippen LogP contribution >= 0.6 is 0 Å². The molecule has 0 saturated heterocycles. The van der Waals surface area contributed by atoms with E-state index in [2.05, 4.69) is 123 Å². The van der Waals surface area contributed by atoms with Gasteiger partial charge in [0, 0.05) is 48.4 Å². The maximum absolute atomic E-state index is 10.0. The molecule has 3 nitrogen and oxygen atoms in total. The van der Waals surface area contributed by atoms with E-state index in [4.69, 9.17) is 9.97 Å². The summed E-state index contributed by atoms with van der Waals surface area (Å²) in [6.07, 6.45) is 14.6. The van der Waals surface area contributed by atoms with Crippen LogP contribution in [0.3, 0.4) is 0 Å². The summed E-state index contributed by atoms with van der Waals surface area (Å²) < 4.78 is 0. The zero-order valence-electron chi connectivity index (χ0n) is 31.2. The Morgan fingerprint density at radius 1 is 0.471 bits per heavy atom. The summed E-state index contributed by atoms with van der Waals surface area (Å²) in [6.45, 7) is 8.13. The number of aryl methyl sites for hydroxylation is 2. The van der Waals surface area contributed by atoms with Crippen LogP contribution in [-0.2, 0) is 37.7 Å². The molecule has 2 aromatic heterocycles. The Kier molecular flexibility index (Phi) is 19.1. The number of nitrogens with zero attached hydrogens (tertiary/aromatic N) is 2. The SMILES string of the molecule is CCCC(C)=O.CCCCCCc1ccc(-c2ccc3ccccc3n2)cc1.CCCCCCc1ccc(-c2ccc3ccccc3n2)cc1.[Ir]. The summed E-state index contributed by atoms with van der Waals surface area (Å²) in [6, 6.07) is 42.8. The number of Topliss-reactive ketones (excluding diaryl/α,β-unsaturated/α-hetero) is 1. The van der Waals surface area contributed by atoms with E-state index in [1.54, 1.807) is 6.92 Å². The molecule has 0 unspecified atom stereocenters. The van der Waals surface area contributed by atoms with Crippen molar-refractivity contribution in [1.29, 1.82) is 0 Å². The number of carbonyl (C=O) groups is 1. The summed E-state index contributed by atoms with van der Waals surface area (Å²) in [7, 11) is 0. The minimum absolute atomic E-state index is 0. The molecule has 269 valence electrons. The maximum Gasteiger partial charge on any atom is 0.129 e. The minimum Gasteiger partial charge on any atom is -0.300 e. The number of hydrogen-bond donors (Lipinski definition) is 0. The van der Waals surface area contributed by atoms with Crippen molar-refractivity contribution >= 4 is 27.6 Å². The smallest absolute Gasteiger partial charge is 0.129 e. The van der Waals surface area contributed by atoms with Gasteiger partial charge in [0.15, 0.2) is 0 Å². The number of para-hydroxylation sites is 2. The van der Waals surface area contributed by atoms with Crippen molar-refractivity contribution in [2.75, 3.05) is 0 Å². The van der Waals surface area contributed by atoms with Gasteiger partial charge in [-0.25, -0.2) is 9.97 Å². The normalized spacial score (nSPS) is 10.4. The summed E-state index contributed by atoms with van der Waals surface area (Å²) in [5.41, 5.74) is 9.48. The Balaban J connectivity index is 0.000000234. The molecule has 0 aliphatic carbocycles. The van der Waals surface area contributed by atoms with Gasteiger partial charge in [-0.2, -0.15) is 0 Å². The Morgan fingerprint density at radius 3 is 1.24 bits per heavy atom. The molecule has 0 bridgehead atoms. The third kappa shape index (κ3) is 14.3. The zero-order chi connectivity index (χ0) is 35.4. The molecule has 51 heavy (non-hydrogen) atoms. The molecule has 0 N–H and O–H groups in total. The van der Waals surface area contributed by atoms with Gasteiger partial charge in [0.25, 0.3) is 0 Å². The number of pyridine rings is 2. The van der Waals surface area contributed by atoms with Gasteiger partial charge in [-0.1, -0.05) is 156 Å². The third-order valence-electron chi connectivity index (χ3n) is 8.94. The largest absolute Gasteiger partial charge is 0.300 e. The van der Waals surface area contributed by atoms with Gasteiger partial charge in [-0.05, 0) is 74.4 Å². The van der Waals surface area contributed by atoms with Crippen LogP contribution < -0.4 is 0 Å². The van der Waals surface area contributed by atoms with Gasteiger partial charge in [-0.15, -0.1) is 0 Å². The molecule has 0 amide bonds. The summed E-state index contributed by atoms with van der Waals surface area (Å²) >= 11 is 0. The fourth-order valence-corrected chi connectivity index (χ4v) is 6.00. The van der Waals surface area contributed by atoms with Crippen LogP contribution in [0.25, 0.3) is 44.3 Å². The molecule has 6 aromatic rings. The van der Waals surface area contributed by atoms with Crippen molar-refractivity contribution in [1.82, 2.24) is 9.97 Å². The monoisotopic (exact) mass is 857 g/mol. The molecule has 2 heterocycles. The third-order valence-corrected chi connectivity index (χ3v) is 8.94. The van der Waals surface area contributed by atoms with Crippen LogP contribution in [0.5, 0.6) is 0 Å². The number of carbonyl (C=O) groups excluding carboxylic acids is 1. The van der Waals surface area contributed by atoms with Crippen molar-refractivity contribution in [3.8, 4) is 22.5 Å². The second kappa shape index (κ2) is 23.5. The van der Waals surface area contributed by atoms with Crippen LogP contribution in [0.4, 0.5) is 0 Å². The van der Waals surface area contributed by atoms with Crippen molar-refractivity contribution in [3.05, 3.63) is 132 Å². The van der Waals surface area contributed by atoms with Crippen molar-refractivity contribution in [2.24, 2.45) is 0 Å². The molecular weight excluding hydrogens is 801 g/mol. The Hall–Kier alpha value is -3.98. The molecule has 4 heteroatoms. The fraction of sp³-hybridized carbons (Fsp3) is 0.340. The van der Waals surface area contributed by atoms with E-state index in [9.17, 15) is 4.79 Å². The molecule has 0 spiro atoms. The second-order valence-electron chi connectivity index (χ2n) is 13.2. The van der Waals surface area contributed by atoms with Crippen LogP contribution in [0, 0.1) is 0 Å². The quantitative estimate of drug-likeness (QED) is 0.103. The van der Waals surface area contributed by atoms with Gasteiger partial charge in [-0.3, -0.25) is 0 Å². The van der Waals surface area contributed by atoms with E-state index >= 15 is 0 Å². The maximum atomic E-state index is 10.0. The average Bonchev–Trinajstić information content (AvgIpc) is 3.16. The average molecular weight is 857 g/mol. The zero-order valence-corrected chi connectivity index (χ0v) is 33.6. The van der Waals surface area contributed by atoms with E-state index in [0.29, 0.717) is 0 Å². The van der Waals surface area contributed by atoms with Gasteiger partial charge in [0.2, 0.25) is 0 Å². The topological polar surface area (TPSA) is 42.9 Å². The molecule has 0 fully saturated rings. The Labute approximate surface area is 320 Å². The standard InChI is InChI=1S/2C21H23N.C5H10O.Ir/c2*1-2-3-4-5-8-17-11-13-19(14-12-17)21-16-15-18-9-6-7-10-20(18)22-21;1-3-4-5(2)6;/h2*6-7,9-16H,2-5,8H2,1H3;3-4H2,1-2H3;. The molecular formula is C47H56IrN2O. The Morgan fingerprint density at radius 2 is 0.882 bits per heavy atom. The minimum atomic E-state index is 0. The molecule has 1 radical (unpaired) electrons. The Bertz CT molecular complexity index is 1730. The molecule has 6 rings (SSSR count). The fourth-order valence-electron chi connectivity index (χ4n) is 6.00. The van der Waals surface area contributed by atoms with Crippen LogP contribution in [-0.4, -0.2) is 15.8 Å². The predicted molar refractivity (Wildman–Crippen MR) is 216 cm³/mol. The number of hydrogen-bond acceptors (Lipinski definition) is 3. The van der Waals surface area contributed by atoms with Crippen LogP contribution in [0.2, 0.25) is 0 Å². The van der Waals surface area contributed by atoms with Crippen molar-refractivity contribution in [3.63, 3.8) is 0 Å². The van der Waals surface area contributed by atoms with Gasteiger partial charge >= 0.3 is 0 Å². The molecule has 0 saturated carbocycles. The van der Waals surface area contributed by atoms with Crippen molar-refractivity contribution < 1.29 is 24.9 Å². The number of unbranched alkanes of at least 4 members (excludes halogenated alkanes) is 6. The second-order valence-corrected chi connectivity index (χ2v) is 13.2. The summed E-state index contributed by atoms with van der Waals surface area (Å²) in [5, 5.41) is 2.39. The van der Waals surface area contributed by atoms with Gasteiger partial charge < -0.3 is 4.79 Å². The van der Waals surface area contributed by atoms with E-state index in [0.717, 1.165) is 35.3 Å². The predicted octanol–water partition coefficient (Wildman–Crippen LogP) is 13.4. The number of ketones is 1. The van der Waals surface area contributed by atoms with E-state index in [1.165, 1.54) is 97.2 Å². The first-order chi connectivity index (χ1) is 24.5. The summed E-state index contributed by atoms with van der Waals surface area (Å²) in [4.78, 5) is 19.6. The molecule has 0 atom stereocenters. The number of rotatable bonds is 14. The van der Waals surface area contributed by atoms with Gasteiger partial charge in [0.05, 0.1) is 22.4 Å². The molecule has 0 aliphatic rings. The first-order valence-electron chi connectivity index (χ1n) is 18.9. The van der Waals surface area contributed by atoms with Gasteiger partial charge in [0.1, 0.15) is 5.78 Å². The number of fused-ring (bicyclic) bond motifs is 2. The van der Waals surface area contributed by atoms with Crippen LogP contribution in [0.15, 0.2) is 121 Å². The first kappa shape index (κ1) is 41.4. The summed E-state index contributed by atoms with van der Waals surface area (Å²) in [5.74, 6) is 0.289. The molecule has 4 aromatic carbocycles. The van der Waals surface area contributed by atoms with E-state index in [1.807, 2.05) is 19.1 Å². The van der Waals surface area contributed by atoms with Crippen molar-refractivity contribution in [2.45, 2.75) is 105 Å². The van der Waals surface area contributed by atoms with E-state index < -0.39 is 0 Å². The first-order valence-corrected chi connectivity index (χ1v) is 18.9. The number of aromatic nitrogens is 2. The number of benzene rings is 4.